The summed E-state index contributed by atoms with van der Waals surface area (Å²) in [6, 6.07) is 6.69. The molecule has 0 aliphatic carbocycles. The smallest absolute Gasteiger partial charge is 0.338 e. The van der Waals surface area contributed by atoms with E-state index in [9.17, 15) is 18.4 Å². The van der Waals surface area contributed by atoms with Crippen LogP contribution in [0.15, 0.2) is 34.8 Å². The molecule has 27 heavy (non-hydrogen) atoms. The van der Waals surface area contributed by atoms with Gasteiger partial charge in [-0.2, -0.15) is 0 Å². The summed E-state index contributed by atoms with van der Waals surface area (Å²) in [5.41, 5.74) is 3.00. The molecule has 0 spiro atoms. The highest BCUT2D eigenvalue weighted by atomic mass is 79.9. The summed E-state index contributed by atoms with van der Waals surface area (Å²) in [7, 11) is 0. The summed E-state index contributed by atoms with van der Waals surface area (Å²) in [6.07, 6.45) is 0. The number of aryl methyl sites for hydroxylation is 2. The van der Waals surface area contributed by atoms with E-state index in [2.05, 4.69) is 26.2 Å². The lowest BCUT2D eigenvalue weighted by Crippen LogP contribution is -2.21. The molecule has 3 aromatic rings. The number of ether oxygens (including phenoxy) is 1. The van der Waals surface area contributed by atoms with Gasteiger partial charge in [0.1, 0.15) is 5.82 Å². The van der Waals surface area contributed by atoms with Crippen LogP contribution in [0.4, 0.5) is 14.5 Å². The molecule has 0 fully saturated rings. The van der Waals surface area contributed by atoms with E-state index in [1.807, 2.05) is 13.8 Å². The van der Waals surface area contributed by atoms with Crippen molar-refractivity contribution >= 4 is 44.4 Å². The fourth-order valence-corrected chi connectivity index (χ4v) is 3.15. The maximum atomic E-state index is 13.7. The van der Waals surface area contributed by atoms with Crippen molar-refractivity contribution in [2.75, 3.05) is 11.9 Å². The number of anilines is 1. The van der Waals surface area contributed by atoms with Crippen molar-refractivity contribution in [1.82, 2.24) is 4.98 Å². The number of benzene rings is 2. The number of amides is 1. The molecule has 140 valence electrons. The monoisotopic (exact) mass is 436 g/mol. The Morgan fingerprint density at radius 3 is 2.63 bits per heavy atom. The predicted molar refractivity (Wildman–Crippen MR) is 101 cm³/mol. The Bertz CT molecular complexity index is 1040. The van der Waals surface area contributed by atoms with Gasteiger partial charge in [0.2, 0.25) is 0 Å². The molecule has 0 saturated carbocycles. The fourth-order valence-electron chi connectivity index (χ4n) is 2.64. The van der Waals surface area contributed by atoms with Crippen LogP contribution < -0.4 is 5.32 Å². The molecule has 2 aromatic carbocycles. The highest BCUT2D eigenvalue weighted by molar-refractivity contribution is 9.10. The summed E-state index contributed by atoms with van der Waals surface area (Å²) in [4.78, 5) is 27.3. The maximum Gasteiger partial charge on any atom is 0.338 e. The van der Waals surface area contributed by atoms with E-state index < -0.39 is 30.1 Å². The van der Waals surface area contributed by atoms with Crippen LogP contribution in [0, 0.1) is 25.5 Å². The van der Waals surface area contributed by atoms with Crippen molar-refractivity contribution in [1.29, 1.82) is 0 Å². The number of rotatable bonds is 4. The second-order valence-electron chi connectivity index (χ2n) is 6.00. The molecule has 0 unspecified atom stereocenters. The number of hydrogen-bond donors (Lipinski definition) is 2. The summed E-state index contributed by atoms with van der Waals surface area (Å²) in [6.45, 7) is 3.27. The van der Waals surface area contributed by atoms with Crippen LogP contribution in [-0.2, 0) is 9.53 Å². The maximum absolute atomic E-state index is 13.7. The van der Waals surface area contributed by atoms with E-state index >= 15 is 0 Å². The van der Waals surface area contributed by atoms with E-state index in [0.717, 1.165) is 28.2 Å². The topological polar surface area (TPSA) is 71.2 Å². The van der Waals surface area contributed by atoms with E-state index in [4.69, 9.17) is 4.74 Å². The number of esters is 1. The zero-order chi connectivity index (χ0) is 19.7. The minimum absolute atomic E-state index is 0.0448. The molecule has 0 radical (unpaired) electrons. The first kappa shape index (κ1) is 19.0. The van der Waals surface area contributed by atoms with Crippen molar-refractivity contribution in [2.24, 2.45) is 0 Å². The summed E-state index contributed by atoms with van der Waals surface area (Å²) < 4.78 is 31.8. The highest BCUT2D eigenvalue weighted by Gasteiger charge is 2.16. The van der Waals surface area contributed by atoms with Crippen LogP contribution in [0.1, 0.15) is 21.6 Å². The van der Waals surface area contributed by atoms with Gasteiger partial charge in [0.15, 0.2) is 12.4 Å². The molecule has 5 nitrogen and oxygen atoms in total. The number of carbonyl (C=O) groups excluding carboxylic acids is 2. The van der Waals surface area contributed by atoms with E-state index in [0.29, 0.717) is 11.6 Å². The van der Waals surface area contributed by atoms with Crippen LogP contribution >= 0.6 is 15.9 Å². The van der Waals surface area contributed by atoms with Crippen LogP contribution in [-0.4, -0.2) is 23.5 Å². The molecule has 0 saturated heterocycles. The molecule has 0 atom stereocenters. The molecular formula is C19H15BrF2N2O3. The van der Waals surface area contributed by atoms with Gasteiger partial charge in [0.25, 0.3) is 5.91 Å². The molecule has 0 aliphatic rings. The molecule has 1 aromatic heterocycles. The lowest BCUT2D eigenvalue weighted by molar-refractivity contribution is -0.119. The lowest BCUT2D eigenvalue weighted by Gasteiger charge is -2.09. The van der Waals surface area contributed by atoms with Crippen LogP contribution in [0.3, 0.4) is 0 Å². The van der Waals surface area contributed by atoms with Crippen molar-refractivity contribution in [3.05, 3.63) is 63.3 Å². The SMILES string of the molecule is Cc1[nH]c2ccc(C(=O)OCC(=O)Nc3c(F)cc(F)cc3Br)cc2c1C. The van der Waals surface area contributed by atoms with E-state index in [1.165, 1.54) is 0 Å². The summed E-state index contributed by atoms with van der Waals surface area (Å²) in [5, 5.41) is 3.14. The van der Waals surface area contributed by atoms with E-state index in [1.54, 1.807) is 18.2 Å². The van der Waals surface area contributed by atoms with Gasteiger partial charge in [0.05, 0.1) is 11.3 Å². The van der Waals surface area contributed by atoms with Gasteiger partial charge in [-0.3, -0.25) is 4.79 Å². The quantitative estimate of drug-likeness (QED) is 0.586. The predicted octanol–water partition coefficient (Wildman–Crippen LogP) is 4.62. The van der Waals surface area contributed by atoms with Crippen molar-refractivity contribution in [2.45, 2.75) is 13.8 Å². The van der Waals surface area contributed by atoms with Crippen LogP contribution in [0.25, 0.3) is 10.9 Å². The molecule has 0 bridgehead atoms. The van der Waals surface area contributed by atoms with Gasteiger partial charge in [-0.25, -0.2) is 13.6 Å². The lowest BCUT2D eigenvalue weighted by atomic mass is 10.1. The molecule has 1 amide bonds. The average molecular weight is 437 g/mol. The molecule has 8 heteroatoms. The van der Waals surface area contributed by atoms with Crippen molar-refractivity contribution in [3.63, 3.8) is 0 Å². The molecule has 3 rings (SSSR count). The second-order valence-corrected chi connectivity index (χ2v) is 6.86. The molecule has 1 heterocycles. The number of aromatic amines is 1. The minimum Gasteiger partial charge on any atom is -0.452 e. The third-order valence-corrected chi connectivity index (χ3v) is 4.78. The van der Waals surface area contributed by atoms with Gasteiger partial charge in [-0.15, -0.1) is 0 Å². The Kier molecular flexibility index (Phi) is 5.27. The Hall–Kier alpha value is -2.74. The molecule has 2 N–H and O–H groups in total. The first-order valence-corrected chi connectivity index (χ1v) is 8.76. The Balaban J connectivity index is 1.67. The highest BCUT2D eigenvalue weighted by Crippen LogP contribution is 2.27. The van der Waals surface area contributed by atoms with Crippen LogP contribution in [0.5, 0.6) is 0 Å². The normalized spacial score (nSPS) is 10.9. The number of carbonyl (C=O) groups is 2. The number of hydrogen-bond acceptors (Lipinski definition) is 3. The van der Waals surface area contributed by atoms with E-state index in [-0.39, 0.29) is 10.2 Å². The first-order chi connectivity index (χ1) is 12.8. The third-order valence-electron chi connectivity index (χ3n) is 4.15. The Morgan fingerprint density at radius 2 is 1.93 bits per heavy atom. The Labute approximate surface area is 161 Å². The largest absolute Gasteiger partial charge is 0.452 e. The number of halogens is 3. The van der Waals surface area contributed by atoms with Gasteiger partial charge < -0.3 is 15.0 Å². The molecule has 0 aliphatic heterocycles. The average Bonchev–Trinajstić information content (AvgIpc) is 2.90. The van der Waals surface area contributed by atoms with Gasteiger partial charge >= 0.3 is 5.97 Å². The standard InChI is InChI=1S/C19H15BrF2N2O3/c1-9-10(2)23-16-4-3-11(5-13(9)16)19(26)27-8-17(25)24-18-14(20)6-12(21)7-15(18)22/h3-7,23H,8H2,1-2H3,(H,24,25). The first-order valence-electron chi connectivity index (χ1n) is 7.96. The van der Waals surface area contributed by atoms with Crippen LogP contribution in [0.2, 0.25) is 0 Å². The summed E-state index contributed by atoms with van der Waals surface area (Å²) in [5.74, 6) is -3.15. The number of nitrogens with one attached hydrogen (secondary N) is 2. The number of fused-ring (bicyclic) bond motifs is 1. The Morgan fingerprint density at radius 1 is 1.19 bits per heavy atom. The second kappa shape index (κ2) is 7.48. The summed E-state index contributed by atoms with van der Waals surface area (Å²) >= 11 is 2.97. The van der Waals surface area contributed by atoms with Gasteiger partial charge in [-0.05, 0) is 59.6 Å². The van der Waals surface area contributed by atoms with Gasteiger partial charge in [0, 0.05) is 27.1 Å². The minimum atomic E-state index is -0.940. The molecular weight excluding hydrogens is 422 g/mol. The number of aromatic nitrogens is 1. The van der Waals surface area contributed by atoms with Crippen molar-refractivity contribution < 1.29 is 23.1 Å². The van der Waals surface area contributed by atoms with Gasteiger partial charge in [-0.1, -0.05) is 0 Å². The zero-order valence-electron chi connectivity index (χ0n) is 14.5. The zero-order valence-corrected chi connectivity index (χ0v) is 16.0. The number of H-pyrrole nitrogens is 1. The van der Waals surface area contributed by atoms with Crippen molar-refractivity contribution in [3.8, 4) is 0 Å². The fraction of sp³-hybridized carbons (Fsp3) is 0.158. The third kappa shape index (κ3) is 4.00.